The first-order chi connectivity index (χ1) is 13.6. The van der Waals surface area contributed by atoms with Crippen molar-refractivity contribution in [3.8, 4) is 11.3 Å². The van der Waals surface area contributed by atoms with Crippen molar-refractivity contribution in [2.24, 2.45) is 0 Å². The Morgan fingerprint density at radius 2 is 1.86 bits per heavy atom. The first-order valence-corrected chi connectivity index (χ1v) is 10.1. The molecule has 0 N–H and O–H groups in total. The molecule has 0 aliphatic heterocycles. The van der Waals surface area contributed by atoms with Gasteiger partial charge in [0.2, 0.25) is 0 Å². The highest BCUT2D eigenvalue weighted by molar-refractivity contribution is 9.10. The highest BCUT2D eigenvalue weighted by atomic mass is 79.9. The SMILES string of the molecule is O=C(c1ccc(Br)cc1)N(Cc1ccco1)c1nc(-c2ccc(F)cc2)cs1. The summed E-state index contributed by atoms with van der Waals surface area (Å²) in [6, 6.07) is 16.9. The third-order valence-electron chi connectivity index (χ3n) is 4.09. The summed E-state index contributed by atoms with van der Waals surface area (Å²) in [7, 11) is 0. The van der Waals surface area contributed by atoms with Gasteiger partial charge in [0.25, 0.3) is 5.91 Å². The van der Waals surface area contributed by atoms with E-state index in [1.54, 1.807) is 41.5 Å². The van der Waals surface area contributed by atoms with E-state index < -0.39 is 0 Å². The summed E-state index contributed by atoms with van der Waals surface area (Å²) in [6.45, 7) is 0.262. The van der Waals surface area contributed by atoms with E-state index in [-0.39, 0.29) is 18.3 Å². The number of nitrogens with zero attached hydrogens (tertiary/aromatic N) is 2. The Balaban J connectivity index is 1.68. The lowest BCUT2D eigenvalue weighted by atomic mass is 10.2. The summed E-state index contributed by atoms with van der Waals surface area (Å²) >= 11 is 4.74. The number of anilines is 1. The van der Waals surface area contributed by atoms with E-state index in [1.165, 1.54) is 23.5 Å². The van der Waals surface area contributed by atoms with E-state index in [9.17, 15) is 9.18 Å². The number of halogens is 2. The first-order valence-electron chi connectivity index (χ1n) is 8.41. The van der Waals surface area contributed by atoms with Crippen molar-refractivity contribution in [2.75, 3.05) is 4.90 Å². The van der Waals surface area contributed by atoms with Gasteiger partial charge in [0.05, 0.1) is 18.5 Å². The summed E-state index contributed by atoms with van der Waals surface area (Å²) in [6.07, 6.45) is 1.57. The van der Waals surface area contributed by atoms with Crippen LogP contribution in [0.3, 0.4) is 0 Å². The molecule has 0 aliphatic rings. The van der Waals surface area contributed by atoms with Gasteiger partial charge in [-0.15, -0.1) is 11.3 Å². The largest absolute Gasteiger partial charge is 0.467 e. The van der Waals surface area contributed by atoms with Gasteiger partial charge in [-0.25, -0.2) is 9.37 Å². The van der Waals surface area contributed by atoms with Crippen LogP contribution in [0, 0.1) is 5.82 Å². The van der Waals surface area contributed by atoms with Crippen LogP contribution in [0.15, 0.2) is 81.2 Å². The minimum Gasteiger partial charge on any atom is -0.467 e. The maximum Gasteiger partial charge on any atom is 0.260 e. The molecule has 1 amide bonds. The van der Waals surface area contributed by atoms with Crippen LogP contribution in [0.2, 0.25) is 0 Å². The Bertz CT molecular complexity index is 1080. The Morgan fingerprint density at radius 3 is 2.54 bits per heavy atom. The zero-order valence-corrected chi connectivity index (χ0v) is 16.9. The molecule has 2 aromatic carbocycles. The number of furan rings is 1. The van der Waals surface area contributed by atoms with Crippen LogP contribution < -0.4 is 4.90 Å². The molecule has 4 rings (SSSR count). The third-order valence-corrected chi connectivity index (χ3v) is 5.49. The normalized spacial score (nSPS) is 10.8. The maximum atomic E-state index is 13.2. The molecule has 0 saturated heterocycles. The van der Waals surface area contributed by atoms with Crippen molar-refractivity contribution >= 4 is 38.3 Å². The fourth-order valence-corrected chi connectivity index (χ4v) is 3.77. The molecule has 0 radical (unpaired) electrons. The van der Waals surface area contributed by atoms with Crippen LogP contribution in [0.1, 0.15) is 16.1 Å². The molecule has 7 heteroatoms. The number of hydrogen-bond acceptors (Lipinski definition) is 4. The van der Waals surface area contributed by atoms with Crippen molar-refractivity contribution in [2.45, 2.75) is 6.54 Å². The molecule has 0 aliphatic carbocycles. The predicted molar refractivity (Wildman–Crippen MR) is 111 cm³/mol. The van der Waals surface area contributed by atoms with Gasteiger partial charge in [-0.05, 0) is 60.7 Å². The third kappa shape index (κ3) is 4.05. The minimum atomic E-state index is -0.302. The second kappa shape index (κ2) is 8.08. The van der Waals surface area contributed by atoms with Crippen LogP contribution in [-0.4, -0.2) is 10.9 Å². The number of thiazole rings is 1. The topological polar surface area (TPSA) is 46.3 Å². The molecule has 4 nitrogen and oxygen atoms in total. The molecule has 4 aromatic rings. The predicted octanol–water partition coefficient (Wildman–Crippen LogP) is 6.15. The molecular weight excluding hydrogens is 443 g/mol. The van der Waals surface area contributed by atoms with Gasteiger partial charge in [0.1, 0.15) is 11.6 Å². The van der Waals surface area contributed by atoms with E-state index in [0.29, 0.717) is 22.1 Å². The number of carbonyl (C=O) groups is 1. The second-order valence-electron chi connectivity index (χ2n) is 6.00. The lowest BCUT2D eigenvalue weighted by Crippen LogP contribution is -2.30. The molecule has 0 unspecified atom stereocenters. The Kier molecular flexibility index (Phi) is 5.36. The summed E-state index contributed by atoms with van der Waals surface area (Å²) < 4.78 is 19.5. The zero-order chi connectivity index (χ0) is 19.5. The summed E-state index contributed by atoms with van der Waals surface area (Å²) in [4.78, 5) is 19.3. The highest BCUT2D eigenvalue weighted by Gasteiger charge is 2.22. The van der Waals surface area contributed by atoms with E-state index in [4.69, 9.17) is 4.42 Å². The molecule has 0 atom stereocenters. The van der Waals surface area contributed by atoms with Crippen molar-refractivity contribution in [1.82, 2.24) is 4.98 Å². The zero-order valence-electron chi connectivity index (χ0n) is 14.5. The first kappa shape index (κ1) is 18.6. The van der Waals surface area contributed by atoms with Crippen LogP contribution in [0.25, 0.3) is 11.3 Å². The van der Waals surface area contributed by atoms with Gasteiger partial charge in [-0.2, -0.15) is 0 Å². The Hall–Kier alpha value is -2.77. The number of rotatable bonds is 5. The Labute approximate surface area is 173 Å². The van der Waals surface area contributed by atoms with Gasteiger partial charge in [0, 0.05) is 21.0 Å². The Morgan fingerprint density at radius 1 is 1.11 bits per heavy atom. The van der Waals surface area contributed by atoms with Crippen molar-refractivity contribution in [1.29, 1.82) is 0 Å². The van der Waals surface area contributed by atoms with Gasteiger partial charge < -0.3 is 4.42 Å². The van der Waals surface area contributed by atoms with Crippen molar-refractivity contribution in [3.63, 3.8) is 0 Å². The standard InChI is InChI=1S/C21H14BrFN2O2S/c22-16-7-3-15(4-8-16)20(26)25(12-18-2-1-11-27-18)21-24-19(13-28-21)14-5-9-17(23)10-6-14/h1-11,13H,12H2. The maximum absolute atomic E-state index is 13.2. The van der Waals surface area contributed by atoms with E-state index in [1.807, 2.05) is 23.6 Å². The van der Waals surface area contributed by atoms with Gasteiger partial charge in [-0.3, -0.25) is 9.69 Å². The van der Waals surface area contributed by atoms with Crippen molar-refractivity contribution in [3.05, 3.63) is 93.9 Å². The summed E-state index contributed by atoms with van der Waals surface area (Å²) in [5.41, 5.74) is 2.03. The van der Waals surface area contributed by atoms with E-state index in [0.717, 1.165) is 10.0 Å². The number of benzene rings is 2. The molecular formula is C21H14BrFN2O2S. The average Bonchev–Trinajstić information content (AvgIpc) is 3.39. The van der Waals surface area contributed by atoms with E-state index in [2.05, 4.69) is 20.9 Å². The monoisotopic (exact) mass is 456 g/mol. The highest BCUT2D eigenvalue weighted by Crippen LogP contribution is 2.30. The summed E-state index contributed by atoms with van der Waals surface area (Å²) in [5.74, 6) is 0.178. The molecule has 0 spiro atoms. The number of aromatic nitrogens is 1. The second-order valence-corrected chi connectivity index (χ2v) is 7.75. The van der Waals surface area contributed by atoms with Crippen LogP contribution >= 0.6 is 27.3 Å². The molecule has 0 bridgehead atoms. The minimum absolute atomic E-state index is 0.177. The number of hydrogen-bond donors (Lipinski definition) is 0. The quantitative estimate of drug-likeness (QED) is 0.361. The lowest BCUT2D eigenvalue weighted by Gasteiger charge is -2.19. The van der Waals surface area contributed by atoms with Gasteiger partial charge >= 0.3 is 0 Å². The fraction of sp³-hybridized carbons (Fsp3) is 0.0476. The molecule has 0 fully saturated rings. The molecule has 140 valence electrons. The molecule has 2 aromatic heterocycles. The van der Waals surface area contributed by atoms with Crippen LogP contribution in [-0.2, 0) is 6.54 Å². The van der Waals surface area contributed by atoms with Crippen molar-refractivity contribution < 1.29 is 13.6 Å². The number of amides is 1. The van der Waals surface area contributed by atoms with Crippen LogP contribution in [0.5, 0.6) is 0 Å². The van der Waals surface area contributed by atoms with Gasteiger partial charge in [0.15, 0.2) is 5.13 Å². The lowest BCUT2D eigenvalue weighted by molar-refractivity contribution is 0.0983. The summed E-state index contributed by atoms with van der Waals surface area (Å²) in [5, 5.41) is 2.40. The number of carbonyl (C=O) groups excluding carboxylic acids is 1. The molecule has 0 saturated carbocycles. The van der Waals surface area contributed by atoms with E-state index >= 15 is 0 Å². The smallest absolute Gasteiger partial charge is 0.260 e. The molecule has 28 heavy (non-hydrogen) atoms. The molecule has 2 heterocycles. The van der Waals surface area contributed by atoms with Crippen LogP contribution in [0.4, 0.5) is 9.52 Å². The fourth-order valence-electron chi connectivity index (χ4n) is 2.67. The van der Waals surface area contributed by atoms with Gasteiger partial charge in [-0.1, -0.05) is 15.9 Å². The average molecular weight is 457 g/mol.